The summed E-state index contributed by atoms with van der Waals surface area (Å²) in [5.74, 6) is -0.651. The number of rotatable bonds is 3. The van der Waals surface area contributed by atoms with Gasteiger partial charge in [0.2, 0.25) is 5.89 Å². The van der Waals surface area contributed by atoms with Gasteiger partial charge in [-0.25, -0.2) is 9.37 Å². The highest BCUT2D eigenvalue weighted by Gasteiger charge is 2.14. The number of phenols is 1. The zero-order valence-corrected chi connectivity index (χ0v) is 16.6. The van der Waals surface area contributed by atoms with Gasteiger partial charge in [0.1, 0.15) is 17.1 Å². The van der Waals surface area contributed by atoms with Crippen molar-refractivity contribution in [3.05, 3.63) is 77.6 Å². The van der Waals surface area contributed by atoms with E-state index in [-0.39, 0.29) is 22.3 Å². The van der Waals surface area contributed by atoms with E-state index in [2.05, 4.69) is 15.6 Å². The van der Waals surface area contributed by atoms with Crippen LogP contribution in [0.4, 0.5) is 10.1 Å². The van der Waals surface area contributed by atoms with Gasteiger partial charge in [-0.15, -0.1) is 0 Å². The van der Waals surface area contributed by atoms with E-state index in [9.17, 15) is 14.3 Å². The molecule has 0 aliphatic heterocycles. The molecule has 3 N–H and O–H groups in total. The van der Waals surface area contributed by atoms with Crippen molar-refractivity contribution >= 4 is 40.0 Å². The topological polar surface area (TPSA) is 87.4 Å². The number of oxazole rings is 1. The van der Waals surface area contributed by atoms with E-state index in [0.717, 1.165) is 5.56 Å². The first kappa shape index (κ1) is 19.5. The number of nitrogens with one attached hydrogen (secondary N) is 2. The smallest absolute Gasteiger partial charge is 0.257 e. The Hall–Kier alpha value is -3.78. The van der Waals surface area contributed by atoms with Crippen LogP contribution in [0, 0.1) is 12.7 Å². The standard InChI is InChI=1S/C22H16FN3O3S/c1-12-2-8-17-19(10-12)29-21(25-17)16-11-15(7-9-18(16)27)24-22(30)26-20(28)13-3-5-14(23)6-4-13/h2-11,27H,1H3,(H2,24,26,28,30). The highest BCUT2D eigenvalue weighted by molar-refractivity contribution is 7.80. The maximum absolute atomic E-state index is 13.0. The molecule has 1 amide bonds. The van der Waals surface area contributed by atoms with Crippen LogP contribution in [0.15, 0.2) is 65.1 Å². The Morgan fingerprint density at radius 3 is 2.63 bits per heavy atom. The molecule has 4 aromatic rings. The second-order valence-corrected chi connectivity index (χ2v) is 7.05. The monoisotopic (exact) mass is 421 g/mol. The first-order valence-electron chi connectivity index (χ1n) is 8.97. The summed E-state index contributed by atoms with van der Waals surface area (Å²) in [5, 5.41) is 15.7. The van der Waals surface area contributed by atoms with Gasteiger partial charge in [0, 0.05) is 11.3 Å². The number of carbonyl (C=O) groups excluding carboxylic acids is 1. The van der Waals surface area contributed by atoms with Crippen molar-refractivity contribution in [1.29, 1.82) is 0 Å². The molecule has 0 aliphatic carbocycles. The number of phenolic OH excluding ortho intramolecular Hbond substituents is 1. The lowest BCUT2D eigenvalue weighted by Gasteiger charge is -2.11. The highest BCUT2D eigenvalue weighted by atomic mass is 32.1. The maximum Gasteiger partial charge on any atom is 0.257 e. The van der Waals surface area contributed by atoms with Gasteiger partial charge in [0.05, 0.1) is 5.56 Å². The number of thiocarbonyl (C=S) groups is 1. The minimum atomic E-state index is -0.471. The zero-order valence-electron chi connectivity index (χ0n) is 15.8. The molecule has 1 aromatic heterocycles. The van der Waals surface area contributed by atoms with Crippen LogP contribution in [0.5, 0.6) is 5.75 Å². The molecular formula is C22H16FN3O3S. The molecule has 0 bridgehead atoms. The molecule has 0 saturated carbocycles. The van der Waals surface area contributed by atoms with Gasteiger partial charge in [-0.05, 0) is 79.3 Å². The summed E-state index contributed by atoms with van der Waals surface area (Å²) in [5.41, 5.74) is 3.49. The van der Waals surface area contributed by atoms with Crippen molar-refractivity contribution in [2.24, 2.45) is 0 Å². The van der Waals surface area contributed by atoms with Crippen LogP contribution < -0.4 is 10.6 Å². The predicted octanol–water partition coefficient (Wildman–Crippen LogP) is 4.77. The van der Waals surface area contributed by atoms with E-state index in [1.807, 2.05) is 25.1 Å². The van der Waals surface area contributed by atoms with Gasteiger partial charge in [0.25, 0.3) is 5.91 Å². The molecule has 6 nitrogen and oxygen atoms in total. The molecule has 3 aromatic carbocycles. The Kier molecular flexibility index (Phi) is 5.16. The van der Waals surface area contributed by atoms with Crippen molar-refractivity contribution in [3.8, 4) is 17.2 Å². The van der Waals surface area contributed by atoms with Gasteiger partial charge in [-0.3, -0.25) is 10.1 Å². The number of aromatic nitrogens is 1. The molecule has 0 aliphatic rings. The summed E-state index contributed by atoms with van der Waals surface area (Å²) in [6, 6.07) is 15.4. The molecule has 0 fully saturated rings. The fourth-order valence-electron chi connectivity index (χ4n) is 2.87. The molecule has 0 unspecified atom stereocenters. The number of aromatic hydroxyl groups is 1. The Labute approximate surface area is 176 Å². The van der Waals surface area contributed by atoms with Crippen LogP contribution in [-0.2, 0) is 0 Å². The Morgan fingerprint density at radius 2 is 1.87 bits per heavy atom. The average Bonchev–Trinajstić information content (AvgIpc) is 3.12. The van der Waals surface area contributed by atoms with Crippen LogP contribution in [0.3, 0.4) is 0 Å². The molecule has 8 heteroatoms. The van der Waals surface area contributed by atoms with Crippen molar-refractivity contribution < 1.29 is 18.7 Å². The fraction of sp³-hybridized carbons (Fsp3) is 0.0455. The molecular weight excluding hydrogens is 405 g/mol. The minimum absolute atomic E-state index is 0.00917. The van der Waals surface area contributed by atoms with Crippen molar-refractivity contribution in [2.45, 2.75) is 6.92 Å². The third-order valence-electron chi connectivity index (χ3n) is 4.36. The quantitative estimate of drug-likeness (QED) is 0.326. The van der Waals surface area contributed by atoms with Crippen LogP contribution in [0.1, 0.15) is 15.9 Å². The minimum Gasteiger partial charge on any atom is -0.507 e. The second kappa shape index (κ2) is 7.92. The number of anilines is 1. The number of hydrogen-bond acceptors (Lipinski definition) is 5. The lowest BCUT2D eigenvalue weighted by Crippen LogP contribution is -2.34. The van der Waals surface area contributed by atoms with Gasteiger partial charge >= 0.3 is 0 Å². The van der Waals surface area contributed by atoms with Crippen molar-refractivity contribution in [3.63, 3.8) is 0 Å². The lowest BCUT2D eigenvalue weighted by molar-refractivity contribution is 0.0977. The second-order valence-electron chi connectivity index (χ2n) is 6.64. The average molecular weight is 421 g/mol. The molecule has 0 saturated heterocycles. The summed E-state index contributed by atoms with van der Waals surface area (Å²) < 4.78 is 18.8. The van der Waals surface area contributed by atoms with Gasteiger partial charge in [0.15, 0.2) is 10.7 Å². The zero-order chi connectivity index (χ0) is 21.3. The van der Waals surface area contributed by atoms with Crippen LogP contribution >= 0.6 is 12.2 Å². The van der Waals surface area contributed by atoms with Gasteiger partial charge in [-0.1, -0.05) is 6.07 Å². The molecule has 30 heavy (non-hydrogen) atoms. The van der Waals surface area contributed by atoms with E-state index in [4.69, 9.17) is 16.6 Å². The van der Waals surface area contributed by atoms with Gasteiger partial charge < -0.3 is 14.8 Å². The molecule has 0 atom stereocenters. The third-order valence-corrected chi connectivity index (χ3v) is 4.57. The van der Waals surface area contributed by atoms with Crippen molar-refractivity contribution in [1.82, 2.24) is 10.3 Å². The maximum atomic E-state index is 13.0. The number of amides is 1. The molecule has 0 spiro atoms. The van der Waals surface area contributed by atoms with E-state index in [0.29, 0.717) is 22.4 Å². The number of fused-ring (bicyclic) bond motifs is 1. The van der Waals surface area contributed by atoms with E-state index in [1.165, 1.54) is 30.3 Å². The van der Waals surface area contributed by atoms with Gasteiger partial charge in [-0.2, -0.15) is 0 Å². The summed E-state index contributed by atoms with van der Waals surface area (Å²) >= 11 is 5.18. The number of hydrogen-bond donors (Lipinski definition) is 3. The third kappa shape index (κ3) is 4.13. The number of nitrogens with zero attached hydrogens (tertiary/aromatic N) is 1. The number of aryl methyl sites for hydroxylation is 1. The number of halogens is 1. The van der Waals surface area contributed by atoms with E-state index >= 15 is 0 Å². The Bertz CT molecular complexity index is 1270. The lowest BCUT2D eigenvalue weighted by atomic mass is 10.1. The largest absolute Gasteiger partial charge is 0.507 e. The SMILES string of the molecule is Cc1ccc2nc(-c3cc(NC(=S)NC(=O)c4ccc(F)cc4)ccc3O)oc2c1. The molecule has 1 heterocycles. The highest BCUT2D eigenvalue weighted by Crippen LogP contribution is 2.33. The van der Waals surface area contributed by atoms with Crippen LogP contribution in [-0.4, -0.2) is 21.1 Å². The molecule has 150 valence electrons. The summed E-state index contributed by atoms with van der Waals surface area (Å²) in [4.78, 5) is 16.6. The molecule has 0 radical (unpaired) electrons. The van der Waals surface area contributed by atoms with E-state index in [1.54, 1.807) is 12.1 Å². The first-order valence-corrected chi connectivity index (χ1v) is 9.38. The summed E-state index contributed by atoms with van der Waals surface area (Å²) in [6.45, 7) is 1.95. The normalized spacial score (nSPS) is 10.7. The summed E-state index contributed by atoms with van der Waals surface area (Å²) in [7, 11) is 0. The molecule has 4 rings (SSSR count). The fourth-order valence-corrected chi connectivity index (χ4v) is 3.08. The van der Waals surface area contributed by atoms with Crippen LogP contribution in [0.2, 0.25) is 0 Å². The van der Waals surface area contributed by atoms with Crippen LogP contribution in [0.25, 0.3) is 22.6 Å². The predicted molar refractivity (Wildman–Crippen MR) is 116 cm³/mol. The number of carbonyl (C=O) groups is 1. The van der Waals surface area contributed by atoms with Crippen molar-refractivity contribution in [2.75, 3.05) is 5.32 Å². The Balaban J connectivity index is 1.53. The Morgan fingerprint density at radius 1 is 1.10 bits per heavy atom. The number of benzene rings is 3. The first-order chi connectivity index (χ1) is 14.4. The summed E-state index contributed by atoms with van der Waals surface area (Å²) in [6.07, 6.45) is 0. The van der Waals surface area contributed by atoms with E-state index < -0.39 is 11.7 Å².